The first kappa shape index (κ1) is 20.1. The molecule has 152 valence electrons. The van der Waals surface area contributed by atoms with Gasteiger partial charge in [0, 0.05) is 51.4 Å². The second kappa shape index (κ2) is 8.15. The van der Waals surface area contributed by atoms with Crippen LogP contribution in [0, 0.1) is 17.0 Å². The summed E-state index contributed by atoms with van der Waals surface area (Å²) in [7, 11) is -1.95. The normalized spacial score (nSPS) is 14.9. The molecule has 2 N–H and O–H groups in total. The lowest BCUT2D eigenvalue weighted by atomic mass is 10.3. The molecule has 11 heteroatoms. The van der Waals surface area contributed by atoms with Gasteiger partial charge in [-0.1, -0.05) is 0 Å². The molecule has 1 aromatic heterocycles. The molecule has 1 aromatic carbocycles. The van der Waals surface area contributed by atoms with Crippen LogP contribution in [0.4, 0.5) is 17.2 Å². The molecule has 0 bridgehead atoms. The fraction of sp³-hybridized carbons (Fsp3) is 0.471. The standard InChI is InChI=1S/C17H24N6O4S/c1-13-11-17(21(2)20-13)19-8-7-18-15-6-5-14(23(24)25)12-16(15)28(26,27)22-9-3-4-10-22/h5-6,11-12,18-19H,3-4,7-10H2,1-2H3. The average molecular weight is 408 g/mol. The minimum atomic E-state index is -3.79. The summed E-state index contributed by atoms with van der Waals surface area (Å²) in [6, 6.07) is 5.81. The zero-order valence-electron chi connectivity index (χ0n) is 15.9. The summed E-state index contributed by atoms with van der Waals surface area (Å²) in [5, 5.41) is 21.7. The van der Waals surface area contributed by atoms with Crippen molar-refractivity contribution in [2.45, 2.75) is 24.7 Å². The van der Waals surface area contributed by atoms with E-state index < -0.39 is 14.9 Å². The number of non-ortho nitro benzene ring substituents is 1. The van der Waals surface area contributed by atoms with Crippen molar-refractivity contribution in [1.82, 2.24) is 14.1 Å². The number of nitro benzene ring substituents is 1. The molecule has 28 heavy (non-hydrogen) atoms. The molecule has 1 fully saturated rings. The van der Waals surface area contributed by atoms with Crippen molar-refractivity contribution in [2.24, 2.45) is 7.05 Å². The molecule has 2 aromatic rings. The number of rotatable bonds is 8. The molecule has 0 radical (unpaired) electrons. The quantitative estimate of drug-likeness (QED) is 0.389. The Balaban J connectivity index is 1.76. The monoisotopic (exact) mass is 408 g/mol. The maximum absolute atomic E-state index is 13.0. The molecule has 10 nitrogen and oxygen atoms in total. The smallest absolute Gasteiger partial charge is 0.270 e. The molecule has 0 amide bonds. The van der Waals surface area contributed by atoms with Gasteiger partial charge in [-0.2, -0.15) is 9.40 Å². The van der Waals surface area contributed by atoms with Crippen molar-refractivity contribution in [2.75, 3.05) is 36.8 Å². The highest BCUT2D eigenvalue weighted by Crippen LogP contribution is 2.30. The van der Waals surface area contributed by atoms with Crippen LogP contribution in [-0.2, 0) is 17.1 Å². The van der Waals surface area contributed by atoms with Gasteiger partial charge < -0.3 is 10.6 Å². The second-order valence-electron chi connectivity index (χ2n) is 6.70. The van der Waals surface area contributed by atoms with Crippen LogP contribution in [0.1, 0.15) is 18.5 Å². The summed E-state index contributed by atoms with van der Waals surface area (Å²) in [6.45, 7) is 3.73. The lowest BCUT2D eigenvalue weighted by molar-refractivity contribution is -0.385. The lowest BCUT2D eigenvalue weighted by Crippen LogP contribution is -2.29. The first-order chi connectivity index (χ1) is 13.3. The maximum atomic E-state index is 13.0. The molecule has 2 heterocycles. The van der Waals surface area contributed by atoms with E-state index in [1.807, 2.05) is 20.0 Å². The zero-order chi connectivity index (χ0) is 20.3. The molecule has 0 saturated carbocycles. The molecular weight excluding hydrogens is 384 g/mol. The first-order valence-corrected chi connectivity index (χ1v) is 10.5. The van der Waals surface area contributed by atoms with Gasteiger partial charge in [-0.05, 0) is 25.8 Å². The lowest BCUT2D eigenvalue weighted by Gasteiger charge is -2.19. The van der Waals surface area contributed by atoms with Crippen LogP contribution in [0.5, 0.6) is 0 Å². The molecule has 1 saturated heterocycles. The van der Waals surface area contributed by atoms with Crippen LogP contribution >= 0.6 is 0 Å². The third-order valence-corrected chi connectivity index (χ3v) is 6.55. The number of hydrogen-bond donors (Lipinski definition) is 2. The van der Waals surface area contributed by atoms with Gasteiger partial charge in [-0.25, -0.2) is 8.42 Å². The highest BCUT2D eigenvalue weighted by molar-refractivity contribution is 7.89. The summed E-state index contributed by atoms with van der Waals surface area (Å²) in [6.07, 6.45) is 1.59. The minimum absolute atomic E-state index is 0.0556. The molecule has 0 atom stereocenters. The molecule has 0 unspecified atom stereocenters. The number of nitrogens with zero attached hydrogens (tertiary/aromatic N) is 4. The van der Waals surface area contributed by atoms with Crippen LogP contribution in [-0.4, -0.2) is 53.6 Å². The van der Waals surface area contributed by atoms with E-state index in [4.69, 9.17) is 0 Å². The van der Waals surface area contributed by atoms with Crippen LogP contribution in [0.15, 0.2) is 29.2 Å². The van der Waals surface area contributed by atoms with E-state index in [2.05, 4.69) is 15.7 Å². The van der Waals surface area contributed by atoms with Gasteiger partial charge in [-0.15, -0.1) is 0 Å². The predicted molar refractivity (Wildman–Crippen MR) is 106 cm³/mol. The Kier molecular flexibility index (Phi) is 5.84. The van der Waals surface area contributed by atoms with E-state index in [0.717, 1.165) is 30.4 Å². The predicted octanol–water partition coefficient (Wildman–Crippen LogP) is 1.95. The summed E-state index contributed by atoms with van der Waals surface area (Å²) >= 11 is 0. The van der Waals surface area contributed by atoms with Crippen molar-refractivity contribution in [3.8, 4) is 0 Å². The number of nitro groups is 1. The zero-order valence-corrected chi connectivity index (χ0v) is 16.7. The number of aromatic nitrogens is 2. The van der Waals surface area contributed by atoms with Gasteiger partial charge >= 0.3 is 0 Å². The fourth-order valence-corrected chi connectivity index (χ4v) is 4.92. The Morgan fingerprint density at radius 2 is 1.86 bits per heavy atom. The minimum Gasteiger partial charge on any atom is -0.382 e. The number of nitrogens with one attached hydrogen (secondary N) is 2. The van der Waals surface area contributed by atoms with E-state index in [1.165, 1.54) is 16.4 Å². The number of aryl methyl sites for hydroxylation is 2. The van der Waals surface area contributed by atoms with E-state index in [1.54, 1.807) is 4.68 Å². The number of hydrogen-bond acceptors (Lipinski definition) is 7. The summed E-state index contributed by atoms with van der Waals surface area (Å²) < 4.78 is 29.0. The SMILES string of the molecule is Cc1cc(NCCNc2ccc([N+](=O)[O-])cc2S(=O)(=O)N2CCCC2)n(C)n1. The van der Waals surface area contributed by atoms with Gasteiger partial charge in [0.1, 0.15) is 10.7 Å². The maximum Gasteiger partial charge on any atom is 0.270 e. The highest BCUT2D eigenvalue weighted by atomic mass is 32.2. The third kappa shape index (κ3) is 4.25. The molecule has 0 spiro atoms. The summed E-state index contributed by atoms with van der Waals surface area (Å²) in [5.74, 6) is 0.855. The van der Waals surface area contributed by atoms with Crippen LogP contribution in [0.25, 0.3) is 0 Å². The van der Waals surface area contributed by atoms with Gasteiger partial charge in [0.2, 0.25) is 10.0 Å². The van der Waals surface area contributed by atoms with Crippen molar-refractivity contribution in [3.05, 3.63) is 40.1 Å². The van der Waals surface area contributed by atoms with Gasteiger partial charge in [0.05, 0.1) is 16.3 Å². The van der Waals surface area contributed by atoms with Crippen molar-refractivity contribution >= 4 is 27.2 Å². The molecule has 1 aliphatic heterocycles. The first-order valence-electron chi connectivity index (χ1n) is 9.06. The van der Waals surface area contributed by atoms with E-state index in [-0.39, 0.29) is 10.6 Å². The Bertz CT molecular complexity index is 966. The van der Waals surface area contributed by atoms with Gasteiger partial charge in [-0.3, -0.25) is 14.8 Å². The highest BCUT2D eigenvalue weighted by Gasteiger charge is 2.30. The number of sulfonamides is 1. The third-order valence-electron chi connectivity index (χ3n) is 4.61. The second-order valence-corrected chi connectivity index (χ2v) is 8.60. The van der Waals surface area contributed by atoms with Crippen molar-refractivity contribution in [1.29, 1.82) is 0 Å². The van der Waals surface area contributed by atoms with E-state index in [0.29, 0.717) is 31.9 Å². The Morgan fingerprint density at radius 3 is 2.46 bits per heavy atom. The Labute approximate surface area is 163 Å². The molecule has 1 aliphatic rings. The summed E-state index contributed by atoms with van der Waals surface area (Å²) in [5.41, 5.74) is 1.01. The average Bonchev–Trinajstić information content (AvgIpc) is 3.29. The molecular formula is C17H24N6O4S. The summed E-state index contributed by atoms with van der Waals surface area (Å²) in [4.78, 5) is 10.5. The topological polar surface area (TPSA) is 122 Å². The van der Waals surface area contributed by atoms with Crippen LogP contribution in [0.2, 0.25) is 0 Å². The van der Waals surface area contributed by atoms with Gasteiger partial charge in [0.15, 0.2) is 0 Å². The van der Waals surface area contributed by atoms with Crippen LogP contribution in [0.3, 0.4) is 0 Å². The fourth-order valence-electron chi connectivity index (χ4n) is 3.22. The molecule has 3 rings (SSSR count). The van der Waals surface area contributed by atoms with Crippen LogP contribution < -0.4 is 10.6 Å². The number of anilines is 2. The largest absolute Gasteiger partial charge is 0.382 e. The molecule has 0 aliphatic carbocycles. The Hall–Kier alpha value is -2.66. The van der Waals surface area contributed by atoms with Crippen molar-refractivity contribution < 1.29 is 13.3 Å². The van der Waals surface area contributed by atoms with E-state index in [9.17, 15) is 18.5 Å². The van der Waals surface area contributed by atoms with Crippen molar-refractivity contribution in [3.63, 3.8) is 0 Å². The number of benzene rings is 1. The van der Waals surface area contributed by atoms with Gasteiger partial charge in [0.25, 0.3) is 5.69 Å². The Morgan fingerprint density at radius 1 is 1.18 bits per heavy atom. The van der Waals surface area contributed by atoms with E-state index >= 15 is 0 Å².